The molecule has 0 radical (unpaired) electrons. The number of amides is 1. The van der Waals surface area contributed by atoms with E-state index in [9.17, 15) is 9.18 Å². The highest BCUT2D eigenvalue weighted by Crippen LogP contribution is 2.37. The number of benzene rings is 2. The Balaban J connectivity index is 1.73. The van der Waals surface area contributed by atoms with Gasteiger partial charge in [-0.2, -0.15) is 0 Å². The molecule has 26 heavy (non-hydrogen) atoms. The van der Waals surface area contributed by atoms with Crippen LogP contribution in [0.1, 0.15) is 23.2 Å². The normalized spacial score (nSPS) is 16.1. The molecule has 6 heteroatoms. The molecule has 0 saturated carbocycles. The minimum Gasteiger partial charge on any atom is -0.484 e. The quantitative estimate of drug-likeness (QED) is 0.693. The number of rotatable bonds is 2. The Morgan fingerprint density at radius 3 is 2.73 bits per heavy atom. The molecule has 5 nitrogen and oxygen atoms in total. The Morgan fingerprint density at radius 1 is 1.19 bits per heavy atom. The monoisotopic (exact) mass is 352 g/mol. The van der Waals surface area contributed by atoms with Gasteiger partial charge < -0.3 is 9.15 Å². The second-order valence-corrected chi connectivity index (χ2v) is 6.23. The van der Waals surface area contributed by atoms with Crippen molar-refractivity contribution >= 4 is 11.6 Å². The fourth-order valence-corrected chi connectivity index (χ4v) is 3.03. The Morgan fingerprint density at radius 2 is 1.96 bits per heavy atom. The first-order chi connectivity index (χ1) is 12.5. The molecule has 132 valence electrons. The lowest BCUT2D eigenvalue weighted by molar-refractivity contribution is 0.0932. The van der Waals surface area contributed by atoms with Gasteiger partial charge in [-0.05, 0) is 38.1 Å². The zero-order valence-corrected chi connectivity index (χ0v) is 14.4. The number of halogens is 1. The predicted octanol–water partition coefficient (Wildman–Crippen LogP) is 4.22. The average molecular weight is 352 g/mol. The molecule has 1 aliphatic rings. The van der Waals surface area contributed by atoms with E-state index in [-0.39, 0.29) is 23.5 Å². The summed E-state index contributed by atoms with van der Waals surface area (Å²) < 4.78 is 25.4. The van der Waals surface area contributed by atoms with E-state index >= 15 is 0 Å². The third-order valence-corrected chi connectivity index (χ3v) is 4.25. The number of hydrogen-bond acceptors (Lipinski definition) is 4. The zero-order chi connectivity index (χ0) is 18.3. The number of aromatic nitrogens is 1. The number of hydrogen-bond donors (Lipinski definition) is 0. The van der Waals surface area contributed by atoms with E-state index in [4.69, 9.17) is 9.15 Å². The third-order valence-electron chi connectivity index (χ3n) is 4.25. The van der Waals surface area contributed by atoms with E-state index in [0.29, 0.717) is 23.8 Å². The minimum absolute atomic E-state index is 0.0834. The molecule has 2 heterocycles. The molecule has 1 aromatic heterocycles. The molecule has 1 atom stereocenters. The van der Waals surface area contributed by atoms with Crippen molar-refractivity contribution in [2.45, 2.75) is 20.0 Å². The molecule has 1 amide bonds. The molecule has 0 fully saturated rings. The summed E-state index contributed by atoms with van der Waals surface area (Å²) in [5.41, 5.74) is 1.67. The van der Waals surface area contributed by atoms with Crippen molar-refractivity contribution in [2.24, 2.45) is 0 Å². The van der Waals surface area contributed by atoms with Crippen LogP contribution in [0.4, 0.5) is 10.1 Å². The number of carbonyl (C=O) groups excluding carboxylic acids is 1. The van der Waals surface area contributed by atoms with Crippen molar-refractivity contribution in [3.63, 3.8) is 0 Å². The second-order valence-electron chi connectivity index (χ2n) is 6.23. The SMILES string of the molecule is Cc1nc(-c2ccccc2)oc1C(=O)N1C[C@H](C)Oc2c(F)cccc21. The van der Waals surface area contributed by atoms with Crippen molar-refractivity contribution in [3.05, 3.63) is 65.8 Å². The third kappa shape index (κ3) is 2.73. The van der Waals surface area contributed by atoms with Crippen LogP contribution >= 0.6 is 0 Å². The lowest BCUT2D eigenvalue weighted by atomic mass is 10.1. The number of aryl methyl sites for hydroxylation is 1. The summed E-state index contributed by atoms with van der Waals surface area (Å²) in [5, 5.41) is 0. The van der Waals surface area contributed by atoms with Crippen molar-refractivity contribution in [1.82, 2.24) is 4.98 Å². The molecular formula is C20H17FN2O3. The number of ether oxygens (including phenoxy) is 1. The maximum absolute atomic E-state index is 14.1. The number of para-hydroxylation sites is 1. The highest BCUT2D eigenvalue weighted by Gasteiger charge is 2.33. The molecule has 2 aromatic carbocycles. The van der Waals surface area contributed by atoms with Crippen LogP contribution in [0.2, 0.25) is 0 Å². The first-order valence-corrected chi connectivity index (χ1v) is 8.34. The van der Waals surface area contributed by atoms with Gasteiger partial charge in [0.15, 0.2) is 11.6 Å². The number of carbonyl (C=O) groups is 1. The topological polar surface area (TPSA) is 55.6 Å². The van der Waals surface area contributed by atoms with Gasteiger partial charge in [0.25, 0.3) is 5.91 Å². The Hall–Kier alpha value is -3.15. The van der Waals surface area contributed by atoms with E-state index in [1.54, 1.807) is 26.0 Å². The summed E-state index contributed by atoms with van der Waals surface area (Å²) in [6.07, 6.45) is -0.333. The number of fused-ring (bicyclic) bond motifs is 1. The van der Waals surface area contributed by atoms with E-state index < -0.39 is 5.82 Å². The van der Waals surface area contributed by atoms with Crippen LogP contribution in [0.15, 0.2) is 52.9 Å². The number of anilines is 1. The zero-order valence-electron chi connectivity index (χ0n) is 14.4. The summed E-state index contributed by atoms with van der Waals surface area (Å²) in [5.74, 6) is -0.245. The van der Waals surface area contributed by atoms with E-state index in [0.717, 1.165) is 5.56 Å². The van der Waals surface area contributed by atoms with Crippen molar-refractivity contribution < 1.29 is 18.3 Å². The molecule has 0 unspecified atom stereocenters. The average Bonchev–Trinajstić information content (AvgIpc) is 3.04. The van der Waals surface area contributed by atoms with Crippen LogP contribution in [0.3, 0.4) is 0 Å². The summed E-state index contributed by atoms with van der Waals surface area (Å²) in [4.78, 5) is 18.9. The molecule has 0 bridgehead atoms. The molecule has 0 N–H and O–H groups in total. The summed E-state index contributed by atoms with van der Waals surface area (Å²) >= 11 is 0. The molecule has 3 aromatic rings. The van der Waals surface area contributed by atoms with E-state index in [2.05, 4.69) is 4.98 Å². The van der Waals surface area contributed by atoms with Crippen LogP contribution in [0.25, 0.3) is 11.5 Å². The Labute approximate surface area is 150 Å². The van der Waals surface area contributed by atoms with Crippen molar-refractivity contribution in [1.29, 1.82) is 0 Å². The summed E-state index contributed by atoms with van der Waals surface area (Å²) in [6, 6.07) is 13.9. The van der Waals surface area contributed by atoms with E-state index in [1.165, 1.54) is 11.0 Å². The Bertz CT molecular complexity index is 968. The van der Waals surface area contributed by atoms with Gasteiger partial charge in [0, 0.05) is 5.56 Å². The maximum Gasteiger partial charge on any atom is 0.296 e. The highest BCUT2D eigenvalue weighted by molar-refractivity contribution is 6.06. The lowest BCUT2D eigenvalue weighted by Crippen LogP contribution is -2.42. The van der Waals surface area contributed by atoms with Crippen LogP contribution in [-0.2, 0) is 0 Å². The van der Waals surface area contributed by atoms with Gasteiger partial charge in [-0.1, -0.05) is 24.3 Å². The fourth-order valence-electron chi connectivity index (χ4n) is 3.03. The van der Waals surface area contributed by atoms with Crippen LogP contribution < -0.4 is 9.64 Å². The Kier molecular flexibility index (Phi) is 3.95. The van der Waals surface area contributed by atoms with Gasteiger partial charge in [0.1, 0.15) is 6.10 Å². The standard InChI is InChI=1S/C20H17FN2O3/c1-12-11-23(16-10-6-9-15(21)18(16)25-12)20(24)17-13(2)22-19(26-17)14-7-4-3-5-8-14/h3-10,12H,11H2,1-2H3/t12-/m0/s1. The number of oxazole rings is 1. The van der Waals surface area contributed by atoms with Gasteiger partial charge in [-0.3, -0.25) is 9.69 Å². The largest absolute Gasteiger partial charge is 0.484 e. The maximum atomic E-state index is 14.1. The van der Waals surface area contributed by atoms with Gasteiger partial charge in [0.2, 0.25) is 11.7 Å². The summed E-state index contributed by atoms with van der Waals surface area (Å²) in [6.45, 7) is 3.81. The van der Waals surface area contributed by atoms with Gasteiger partial charge >= 0.3 is 0 Å². The van der Waals surface area contributed by atoms with Crippen LogP contribution in [0, 0.1) is 12.7 Å². The summed E-state index contributed by atoms with van der Waals surface area (Å²) in [7, 11) is 0. The fraction of sp³-hybridized carbons (Fsp3) is 0.200. The number of nitrogens with zero attached hydrogens (tertiary/aromatic N) is 2. The van der Waals surface area contributed by atoms with Crippen LogP contribution in [0.5, 0.6) is 5.75 Å². The molecule has 0 aliphatic carbocycles. The predicted molar refractivity (Wildman–Crippen MR) is 94.8 cm³/mol. The smallest absolute Gasteiger partial charge is 0.296 e. The first kappa shape index (κ1) is 16.3. The molecule has 4 rings (SSSR count). The minimum atomic E-state index is -0.494. The van der Waals surface area contributed by atoms with Crippen molar-refractivity contribution in [2.75, 3.05) is 11.4 Å². The van der Waals surface area contributed by atoms with E-state index in [1.807, 2.05) is 30.3 Å². The highest BCUT2D eigenvalue weighted by atomic mass is 19.1. The lowest BCUT2D eigenvalue weighted by Gasteiger charge is -2.33. The van der Waals surface area contributed by atoms with Gasteiger partial charge in [0.05, 0.1) is 17.9 Å². The van der Waals surface area contributed by atoms with Crippen LogP contribution in [-0.4, -0.2) is 23.5 Å². The first-order valence-electron chi connectivity index (χ1n) is 8.34. The van der Waals surface area contributed by atoms with Gasteiger partial charge in [-0.25, -0.2) is 9.37 Å². The molecule has 0 spiro atoms. The molecule has 0 saturated heterocycles. The van der Waals surface area contributed by atoms with Gasteiger partial charge in [-0.15, -0.1) is 0 Å². The molecule has 1 aliphatic heterocycles. The second kappa shape index (κ2) is 6.29. The van der Waals surface area contributed by atoms with Crippen molar-refractivity contribution in [3.8, 4) is 17.2 Å². The molecular weight excluding hydrogens is 335 g/mol.